The normalized spacial score (nSPS) is 12.3. The van der Waals surface area contributed by atoms with Gasteiger partial charge in [0.1, 0.15) is 5.82 Å². The van der Waals surface area contributed by atoms with Crippen molar-refractivity contribution in [1.29, 1.82) is 0 Å². The Morgan fingerprint density at radius 3 is 2.71 bits per heavy atom. The van der Waals surface area contributed by atoms with Gasteiger partial charge in [0.15, 0.2) is 0 Å². The molecule has 21 heavy (non-hydrogen) atoms. The Balaban J connectivity index is 1.86. The summed E-state index contributed by atoms with van der Waals surface area (Å²) in [7, 11) is 0. The van der Waals surface area contributed by atoms with E-state index in [0.717, 1.165) is 11.1 Å². The van der Waals surface area contributed by atoms with Gasteiger partial charge in [0.2, 0.25) is 0 Å². The van der Waals surface area contributed by atoms with E-state index < -0.39 is 0 Å². The largest absolute Gasteiger partial charge is 0.360 e. The predicted molar refractivity (Wildman–Crippen MR) is 80.6 cm³/mol. The van der Waals surface area contributed by atoms with Crippen LogP contribution in [0.1, 0.15) is 28.9 Å². The van der Waals surface area contributed by atoms with Crippen LogP contribution in [-0.2, 0) is 0 Å². The van der Waals surface area contributed by atoms with Crippen LogP contribution in [0.3, 0.4) is 0 Å². The molecule has 3 nitrogen and oxygen atoms in total. The number of nitrogens with one attached hydrogen (secondary N) is 2. The molecule has 0 bridgehead atoms. The van der Waals surface area contributed by atoms with Crippen LogP contribution in [0.2, 0.25) is 0 Å². The lowest BCUT2D eigenvalue weighted by atomic mass is 10.1. The summed E-state index contributed by atoms with van der Waals surface area (Å²) in [5.41, 5.74) is 2.22. The second kappa shape index (κ2) is 5.40. The number of carbonyl (C=O) groups is 1. The number of aromatic amines is 1. The lowest BCUT2D eigenvalue weighted by Gasteiger charge is -2.13. The van der Waals surface area contributed by atoms with E-state index in [2.05, 4.69) is 10.3 Å². The first kappa shape index (κ1) is 13.4. The van der Waals surface area contributed by atoms with E-state index in [-0.39, 0.29) is 17.8 Å². The third-order valence-electron chi connectivity index (χ3n) is 3.54. The van der Waals surface area contributed by atoms with Crippen molar-refractivity contribution in [2.45, 2.75) is 13.0 Å². The molecule has 0 saturated carbocycles. The van der Waals surface area contributed by atoms with Gasteiger partial charge in [-0.15, -0.1) is 0 Å². The van der Waals surface area contributed by atoms with E-state index >= 15 is 0 Å². The average molecular weight is 282 g/mol. The summed E-state index contributed by atoms with van der Waals surface area (Å²) >= 11 is 0. The van der Waals surface area contributed by atoms with Crippen molar-refractivity contribution in [3.05, 3.63) is 71.7 Å². The summed E-state index contributed by atoms with van der Waals surface area (Å²) < 4.78 is 13.3. The third kappa shape index (κ3) is 2.65. The second-order valence-electron chi connectivity index (χ2n) is 5.00. The second-order valence-corrected chi connectivity index (χ2v) is 5.00. The molecular formula is C17H15FN2O. The zero-order chi connectivity index (χ0) is 14.8. The number of hydrogen-bond donors (Lipinski definition) is 2. The van der Waals surface area contributed by atoms with Gasteiger partial charge in [0, 0.05) is 17.1 Å². The summed E-state index contributed by atoms with van der Waals surface area (Å²) in [5, 5.41) is 3.52. The molecule has 2 N–H and O–H groups in total. The molecule has 0 saturated heterocycles. The zero-order valence-electron chi connectivity index (χ0n) is 11.6. The SMILES string of the molecule is CC(NC(=O)c1c[nH]c2ccc(F)cc12)c1ccccc1. The predicted octanol–water partition coefficient (Wildman–Crippen LogP) is 3.80. The van der Waals surface area contributed by atoms with E-state index in [9.17, 15) is 9.18 Å². The average Bonchev–Trinajstić information content (AvgIpc) is 2.91. The molecular weight excluding hydrogens is 267 g/mol. The Bertz CT molecular complexity index is 780. The molecule has 4 heteroatoms. The van der Waals surface area contributed by atoms with Gasteiger partial charge in [-0.05, 0) is 30.7 Å². The van der Waals surface area contributed by atoms with E-state index in [0.29, 0.717) is 10.9 Å². The highest BCUT2D eigenvalue weighted by Crippen LogP contribution is 2.20. The summed E-state index contributed by atoms with van der Waals surface area (Å²) in [6, 6.07) is 14.0. The molecule has 1 unspecified atom stereocenters. The van der Waals surface area contributed by atoms with Crippen molar-refractivity contribution in [2.75, 3.05) is 0 Å². The van der Waals surface area contributed by atoms with Crippen LogP contribution in [0.15, 0.2) is 54.7 Å². The number of aromatic nitrogens is 1. The van der Waals surface area contributed by atoms with Crippen molar-refractivity contribution in [3.63, 3.8) is 0 Å². The van der Waals surface area contributed by atoms with Crippen molar-refractivity contribution in [3.8, 4) is 0 Å². The van der Waals surface area contributed by atoms with Crippen LogP contribution < -0.4 is 5.32 Å². The Morgan fingerprint density at radius 2 is 1.95 bits per heavy atom. The molecule has 1 heterocycles. The van der Waals surface area contributed by atoms with Crippen LogP contribution in [0.5, 0.6) is 0 Å². The number of halogens is 1. The quantitative estimate of drug-likeness (QED) is 0.754. The highest BCUT2D eigenvalue weighted by molar-refractivity contribution is 6.06. The van der Waals surface area contributed by atoms with Gasteiger partial charge in [-0.3, -0.25) is 4.79 Å². The fourth-order valence-corrected chi connectivity index (χ4v) is 2.38. The molecule has 0 fully saturated rings. The van der Waals surface area contributed by atoms with Crippen molar-refractivity contribution in [2.24, 2.45) is 0 Å². The van der Waals surface area contributed by atoms with Crippen molar-refractivity contribution < 1.29 is 9.18 Å². The number of benzene rings is 2. The Labute approximate surface area is 121 Å². The van der Waals surface area contributed by atoms with Gasteiger partial charge in [-0.2, -0.15) is 0 Å². The molecule has 1 amide bonds. The fraction of sp³-hybridized carbons (Fsp3) is 0.118. The number of carbonyl (C=O) groups excluding carboxylic acids is 1. The molecule has 0 aliphatic heterocycles. The first-order valence-corrected chi connectivity index (χ1v) is 6.77. The maximum atomic E-state index is 13.3. The number of rotatable bonds is 3. The number of hydrogen-bond acceptors (Lipinski definition) is 1. The standard InChI is InChI=1S/C17H15FN2O/c1-11(12-5-3-2-4-6-12)20-17(21)15-10-19-16-8-7-13(18)9-14(15)16/h2-11,19H,1H3,(H,20,21). The maximum absolute atomic E-state index is 13.3. The Kier molecular flexibility index (Phi) is 3.44. The lowest BCUT2D eigenvalue weighted by molar-refractivity contribution is 0.0941. The molecule has 0 radical (unpaired) electrons. The molecule has 2 aromatic carbocycles. The van der Waals surface area contributed by atoms with Gasteiger partial charge in [-0.1, -0.05) is 30.3 Å². The molecule has 106 valence electrons. The van der Waals surface area contributed by atoms with Crippen LogP contribution in [0, 0.1) is 5.82 Å². The third-order valence-corrected chi connectivity index (χ3v) is 3.54. The maximum Gasteiger partial charge on any atom is 0.253 e. The lowest BCUT2D eigenvalue weighted by Crippen LogP contribution is -2.26. The van der Waals surface area contributed by atoms with E-state index in [1.807, 2.05) is 37.3 Å². The van der Waals surface area contributed by atoms with Crippen LogP contribution in [0.4, 0.5) is 4.39 Å². The molecule has 0 aliphatic carbocycles. The van der Waals surface area contributed by atoms with Crippen LogP contribution in [0.25, 0.3) is 10.9 Å². The minimum absolute atomic E-state index is 0.114. The van der Waals surface area contributed by atoms with Crippen LogP contribution >= 0.6 is 0 Å². The zero-order valence-corrected chi connectivity index (χ0v) is 11.6. The smallest absolute Gasteiger partial charge is 0.253 e. The van der Waals surface area contributed by atoms with Gasteiger partial charge in [-0.25, -0.2) is 4.39 Å². The van der Waals surface area contributed by atoms with Gasteiger partial charge < -0.3 is 10.3 Å². The minimum Gasteiger partial charge on any atom is -0.360 e. The summed E-state index contributed by atoms with van der Waals surface area (Å²) in [6.07, 6.45) is 1.61. The van der Waals surface area contributed by atoms with Gasteiger partial charge in [0.05, 0.1) is 11.6 Å². The monoisotopic (exact) mass is 282 g/mol. The molecule has 1 atom stereocenters. The number of amides is 1. The number of H-pyrrole nitrogens is 1. The summed E-state index contributed by atoms with van der Waals surface area (Å²) in [4.78, 5) is 15.3. The molecule has 1 aromatic heterocycles. The Morgan fingerprint density at radius 1 is 1.19 bits per heavy atom. The van der Waals surface area contributed by atoms with Gasteiger partial charge >= 0.3 is 0 Å². The molecule has 3 rings (SSSR count). The fourth-order valence-electron chi connectivity index (χ4n) is 2.38. The topological polar surface area (TPSA) is 44.9 Å². The molecule has 0 spiro atoms. The first-order chi connectivity index (χ1) is 10.1. The van der Waals surface area contributed by atoms with E-state index in [1.165, 1.54) is 12.1 Å². The highest BCUT2D eigenvalue weighted by Gasteiger charge is 2.15. The summed E-state index contributed by atoms with van der Waals surface area (Å²) in [5.74, 6) is -0.574. The van der Waals surface area contributed by atoms with Gasteiger partial charge in [0.25, 0.3) is 5.91 Å². The van der Waals surface area contributed by atoms with Crippen molar-refractivity contribution in [1.82, 2.24) is 10.3 Å². The Hall–Kier alpha value is -2.62. The van der Waals surface area contributed by atoms with E-state index in [1.54, 1.807) is 12.3 Å². The molecule has 3 aromatic rings. The van der Waals surface area contributed by atoms with Crippen molar-refractivity contribution >= 4 is 16.8 Å². The van der Waals surface area contributed by atoms with Crippen LogP contribution in [-0.4, -0.2) is 10.9 Å². The molecule has 0 aliphatic rings. The summed E-state index contributed by atoms with van der Waals surface area (Å²) in [6.45, 7) is 1.92. The number of fused-ring (bicyclic) bond motifs is 1. The minimum atomic E-state index is -0.354. The highest BCUT2D eigenvalue weighted by atomic mass is 19.1. The van der Waals surface area contributed by atoms with E-state index in [4.69, 9.17) is 0 Å². The first-order valence-electron chi connectivity index (χ1n) is 6.77.